The molecule has 0 bridgehead atoms. The number of fused-ring (bicyclic) bond motifs is 4. The largest absolute Gasteiger partial charge is 0.325 e. The van der Waals surface area contributed by atoms with Crippen molar-refractivity contribution in [2.45, 2.75) is 39.5 Å². The third-order valence-corrected chi connectivity index (χ3v) is 4.88. The molecule has 2 nitrogen and oxygen atoms in total. The van der Waals surface area contributed by atoms with Gasteiger partial charge in [-0.05, 0) is 59.7 Å². The van der Waals surface area contributed by atoms with Gasteiger partial charge in [0.1, 0.15) is 0 Å². The van der Waals surface area contributed by atoms with Crippen LogP contribution in [0.1, 0.15) is 47.6 Å². The molecule has 1 amide bonds. The molecule has 116 valence electrons. The smallest absolute Gasteiger partial charge is 0.228 e. The van der Waals surface area contributed by atoms with Crippen molar-refractivity contribution >= 4 is 22.7 Å². The van der Waals surface area contributed by atoms with Crippen molar-refractivity contribution in [2.75, 3.05) is 5.32 Å². The van der Waals surface area contributed by atoms with E-state index in [0.717, 1.165) is 24.9 Å². The van der Waals surface area contributed by atoms with Gasteiger partial charge >= 0.3 is 0 Å². The van der Waals surface area contributed by atoms with Gasteiger partial charge < -0.3 is 5.32 Å². The van der Waals surface area contributed by atoms with Gasteiger partial charge in [-0.3, -0.25) is 4.79 Å². The summed E-state index contributed by atoms with van der Waals surface area (Å²) in [7, 11) is 0. The summed E-state index contributed by atoms with van der Waals surface area (Å²) in [6, 6.07) is 13.1. The van der Waals surface area contributed by atoms with E-state index in [1.807, 2.05) is 0 Å². The lowest BCUT2D eigenvalue weighted by atomic mass is 9.95. The van der Waals surface area contributed by atoms with Crippen LogP contribution < -0.4 is 5.32 Å². The van der Waals surface area contributed by atoms with Crippen LogP contribution in [0.2, 0.25) is 0 Å². The molecule has 1 heterocycles. The highest BCUT2D eigenvalue weighted by Gasteiger charge is 2.28. The second kappa shape index (κ2) is 5.38. The summed E-state index contributed by atoms with van der Waals surface area (Å²) in [5, 5.41) is 3.09. The van der Waals surface area contributed by atoms with E-state index in [1.165, 1.54) is 39.0 Å². The molecule has 4 rings (SSSR count). The summed E-state index contributed by atoms with van der Waals surface area (Å²) in [5.74, 6) is 0.0915. The number of carbonyl (C=O) groups excluding carboxylic acids is 1. The number of nitrogens with one attached hydrogen (secondary N) is 1. The van der Waals surface area contributed by atoms with Crippen LogP contribution in [-0.2, 0) is 17.6 Å². The molecule has 0 saturated carbocycles. The number of benzene rings is 2. The minimum atomic E-state index is 0.0915. The quantitative estimate of drug-likeness (QED) is 0.851. The molecule has 2 heteroatoms. The SMILES string of the molecule is CCCc1ccc2c(c1)C1=C(CC(=O)N2)c2cc(C)ccc2C1. The molecule has 1 N–H and O–H groups in total. The number of hydrogen-bond donors (Lipinski definition) is 1. The van der Waals surface area contributed by atoms with Gasteiger partial charge in [-0.25, -0.2) is 0 Å². The van der Waals surface area contributed by atoms with Gasteiger partial charge in [0.15, 0.2) is 0 Å². The molecular weight excluding hydrogens is 282 g/mol. The topological polar surface area (TPSA) is 29.1 Å². The standard InChI is InChI=1S/C21H21NO/c1-3-4-14-6-8-20-19(10-14)17-11-15-7-5-13(2)9-16(15)18(17)12-21(23)22-20/h5-10H,3-4,11-12H2,1-2H3,(H,22,23). The zero-order valence-electron chi connectivity index (χ0n) is 13.7. The van der Waals surface area contributed by atoms with E-state index in [4.69, 9.17) is 0 Å². The van der Waals surface area contributed by atoms with E-state index in [1.54, 1.807) is 0 Å². The van der Waals surface area contributed by atoms with Crippen LogP contribution in [0.15, 0.2) is 36.4 Å². The number of allylic oxidation sites excluding steroid dienone is 1. The molecule has 0 radical (unpaired) electrons. The van der Waals surface area contributed by atoms with Crippen molar-refractivity contribution in [1.82, 2.24) is 0 Å². The summed E-state index contributed by atoms with van der Waals surface area (Å²) in [6.45, 7) is 4.31. The fourth-order valence-corrected chi connectivity index (χ4v) is 3.79. The molecule has 2 aromatic rings. The van der Waals surface area contributed by atoms with Crippen molar-refractivity contribution in [3.05, 3.63) is 64.2 Å². The highest BCUT2D eigenvalue weighted by Crippen LogP contribution is 2.44. The number of hydrogen-bond acceptors (Lipinski definition) is 1. The Labute approximate surface area is 137 Å². The van der Waals surface area contributed by atoms with Crippen molar-refractivity contribution in [3.8, 4) is 0 Å². The van der Waals surface area contributed by atoms with Gasteiger partial charge in [-0.1, -0.05) is 43.2 Å². The molecule has 23 heavy (non-hydrogen) atoms. The van der Waals surface area contributed by atoms with Crippen LogP contribution >= 0.6 is 0 Å². The Hall–Kier alpha value is -2.35. The zero-order valence-corrected chi connectivity index (χ0v) is 13.7. The average Bonchev–Trinajstić information content (AvgIpc) is 2.80. The van der Waals surface area contributed by atoms with Crippen LogP contribution in [0.25, 0.3) is 11.1 Å². The molecule has 0 unspecified atom stereocenters. The zero-order chi connectivity index (χ0) is 16.0. The Morgan fingerprint density at radius 2 is 1.83 bits per heavy atom. The third kappa shape index (κ3) is 2.39. The number of aryl methyl sites for hydroxylation is 2. The first-order valence-electron chi connectivity index (χ1n) is 8.41. The minimum absolute atomic E-state index is 0.0915. The van der Waals surface area contributed by atoms with Gasteiger partial charge in [0.25, 0.3) is 0 Å². The van der Waals surface area contributed by atoms with Crippen molar-refractivity contribution in [2.24, 2.45) is 0 Å². The van der Waals surface area contributed by atoms with Crippen LogP contribution in [0.3, 0.4) is 0 Å². The molecule has 0 atom stereocenters. The predicted octanol–water partition coefficient (Wildman–Crippen LogP) is 4.76. The van der Waals surface area contributed by atoms with Crippen LogP contribution in [0.5, 0.6) is 0 Å². The van der Waals surface area contributed by atoms with E-state index >= 15 is 0 Å². The number of rotatable bonds is 2. The van der Waals surface area contributed by atoms with Gasteiger partial charge in [0, 0.05) is 11.3 Å². The first-order valence-corrected chi connectivity index (χ1v) is 8.41. The average molecular weight is 303 g/mol. The molecule has 2 aromatic carbocycles. The molecular formula is C21H21NO. The number of amides is 1. The second-order valence-corrected chi connectivity index (χ2v) is 6.65. The van der Waals surface area contributed by atoms with Gasteiger partial charge in [-0.2, -0.15) is 0 Å². The molecule has 0 saturated heterocycles. The van der Waals surface area contributed by atoms with Gasteiger partial charge in [-0.15, -0.1) is 0 Å². The maximum absolute atomic E-state index is 12.3. The normalized spacial score (nSPS) is 15.7. The number of anilines is 1. The Balaban J connectivity index is 1.90. The highest BCUT2D eigenvalue weighted by atomic mass is 16.1. The Morgan fingerprint density at radius 1 is 1.00 bits per heavy atom. The first-order chi connectivity index (χ1) is 11.2. The van der Waals surface area contributed by atoms with Crippen LogP contribution in [0, 0.1) is 6.92 Å². The predicted molar refractivity (Wildman–Crippen MR) is 95.4 cm³/mol. The van der Waals surface area contributed by atoms with Crippen molar-refractivity contribution in [1.29, 1.82) is 0 Å². The molecule has 2 aliphatic rings. The third-order valence-electron chi connectivity index (χ3n) is 4.88. The van der Waals surface area contributed by atoms with E-state index in [2.05, 4.69) is 55.6 Å². The highest BCUT2D eigenvalue weighted by molar-refractivity contribution is 6.12. The molecule has 0 fully saturated rings. The monoisotopic (exact) mass is 303 g/mol. The maximum atomic E-state index is 12.3. The van der Waals surface area contributed by atoms with Crippen molar-refractivity contribution < 1.29 is 4.79 Å². The minimum Gasteiger partial charge on any atom is -0.325 e. The summed E-state index contributed by atoms with van der Waals surface area (Å²) in [4.78, 5) is 12.3. The van der Waals surface area contributed by atoms with E-state index in [0.29, 0.717) is 6.42 Å². The summed E-state index contributed by atoms with van der Waals surface area (Å²) >= 11 is 0. The van der Waals surface area contributed by atoms with E-state index in [-0.39, 0.29) is 5.91 Å². The fraction of sp³-hybridized carbons (Fsp3) is 0.286. The fourth-order valence-electron chi connectivity index (χ4n) is 3.79. The Bertz CT molecular complexity index is 845. The van der Waals surface area contributed by atoms with Gasteiger partial charge in [0.05, 0.1) is 6.42 Å². The maximum Gasteiger partial charge on any atom is 0.228 e. The number of carbonyl (C=O) groups is 1. The second-order valence-electron chi connectivity index (χ2n) is 6.65. The van der Waals surface area contributed by atoms with E-state index in [9.17, 15) is 4.79 Å². The van der Waals surface area contributed by atoms with E-state index < -0.39 is 0 Å². The Morgan fingerprint density at radius 3 is 2.65 bits per heavy atom. The molecule has 0 aromatic heterocycles. The lowest BCUT2D eigenvalue weighted by Crippen LogP contribution is -2.11. The molecule has 0 spiro atoms. The summed E-state index contributed by atoms with van der Waals surface area (Å²) in [6.07, 6.45) is 3.62. The molecule has 1 aliphatic carbocycles. The lowest BCUT2D eigenvalue weighted by molar-refractivity contribution is -0.115. The van der Waals surface area contributed by atoms with Crippen molar-refractivity contribution in [3.63, 3.8) is 0 Å². The summed E-state index contributed by atoms with van der Waals surface area (Å²) < 4.78 is 0. The lowest BCUT2D eigenvalue weighted by Gasteiger charge is -2.12. The first kappa shape index (κ1) is 14.3. The summed E-state index contributed by atoms with van der Waals surface area (Å²) in [5.41, 5.74) is 9.94. The molecule has 1 aliphatic heterocycles. The Kier molecular flexibility index (Phi) is 3.33. The van der Waals surface area contributed by atoms with Crippen LogP contribution in [0.4, 0.5) is 5.69 Å². The van der Waals surface area contributed by atoms with Gasteiger partial charge in [0.2, 0.25) is 5.91 Å². The van der Waals surface area contributed by atoms with Crippen LogP contribution in [-0.4, -0.2) is 5.91 Å².